The molecule has 0 aromatic rings. The molecule has 0 saturated carbocycles. The number of rotatable bonds is 6. The SMILES string of the molecule is CC1CCCN(CCCCNC(=O)[C@H]2CCN[C@@H](C)C2)C1.Cl. The van der Waals surface area contributed by atoms with Gasteiger partial charge in [-0.1, -0.05) is 6.92 Å². The Morgan fingerprint density at radius 2 is 2.09 bits per heavy atom. The molecular formula is C17H34ClN3O. The van der Waals surface area contributed by atoms with Crippen LogP contribution < -0.4 is 10.6 Å². The second kappa shape index (κ2) is 10.5. The van der Waals surface area contributed by atoms with Gasteiger partial charge in [0.2, 0.25) is 5.91 Å². The molecule has 2 heterocycles. The molecule has 2 N–H and O–H groups in total. The lowest BCUT2D eigenvalue weighted by atomic mass is 9.92. The molecule has 2 aliphatic heterocycles. The van der Waals surface area contributed by atoms with Crippen LogP contribution >= 0.6 is 12.4 Å². The molecule has 2 saturated heterocycles. The number of piperidine rings is 2. The van der Waals surface area contributed by atoms with Crippen LogP contribution in [0.4, 0.5) is 0 Å². The van der Waals surface area contributed by atoms with E-state index in [1.165, 1.54) is 38.9 Å². The van der Waals surface area contributed by atoms with Gasteiger partial charge >= 0.3 is 0 Å². The van der Waals surface area contributed by atoms with Crippen LogP contribution in [0, 0.1) is 11.8 Å². The zero-order chi connectivity index (χ0) is 15.1. The largest absolute Gasteiger partial charge is 0.356 e. The maximum Gasteiger partial charge on any atom is 0.223 e. The van der Waals surface area contributed by atoms with E-state index < -0.39 is 0 Å². The zero-order valence-corrected chi connectivity index (χ0v) is 15.1. The van der Waals surface area contributed by atoms with Crippen LogP contribution in [0.2, 0.25) is 0 Å². The molecule has 0 bridgehead atoms. The van der Waals surface area contributed by atoms with Crippen LogP contribution in [0.1, 0.15) is 52.4 Å². The second-order valence-corrected chi connectivity index (χ2v) is 7.12. The summed E-state index contributed by atoms with van der Waals surface area (Å²) in [6.07, 6.45) is 7.03. The number of hydrogen-bond acceptors (Lipinski definition) is 3. The monoisotopic (exact) mass is 331 g/mol. The standard InChI is InChI=1S/C17H33N3O.ClH/c1-14-6-5-11-20(13-14)10-4-3-8-19-17(21)16-7-9-18-15(2)12-16;/h14-16,18H,3-13H2,1-2H3,(H,19,21);1H/t14?,15-,16-;/m0./s1. The minimum atomic E-state index is 0. The summed E-state index contributed by atoms with van der Waals surface area (Å²) in [5.41, 5.74) is 0. The third-order valence-electron chi connectivity index (χ3n) is 4.94. The quantitative estimate of drug-likeness (QED) is 0.735. The molecule has 0 aliphatic carbocycles. The normalized spacial score (nSPS) is 29.6. The number of carbonyl (C=O) groups is 1. The van der Waals surface area contributed by atoms with Crippen LogP contribution in [-0.4, -0.2) is 49.6 Å². The summed E-state index contributed by atoms with van der Waals surface area (Å²) < 4.78 is 0. The number of nitrogens with one attached hydrogen (secondary N) is 2. The summed E-state index contributed by atoms with van der Waals surface area (Å²) in [4.78, 5) is 14.7. The van der Waals surface area contributed by atoms with E-state index in [9.17, 15) is 4.79 Å². The predicted octanol–water partition coefficient (Wildman–Crippen LogP) is 2.42. The average Bonchev–Trinajstić information content (AvgIpc) is 2.47. The lowest BCUT2D eigenvalue weighted by Crippen LogP contribution is -2.42. The Morgan fingerprint density at radius 3 is 2.82 bits per heavy atom. The first-order valence-electron chi connectivity index (χ1n) is 8.88. The van der Waals surface area contributed by atoms with Crippen molar-refractivity contribution in [3.8, 4) is 0 Å². The Hall–Kier alpha value is -0.320. The van der Waals surface area contributed by atoms with E-state index in [-0.39, 0.29) is 24.2 Å². The molecule has 4 nitrogen and oxygen atoms in total. The summed E-state index contributed by atoms with van der Waals surface area (Å²) >= 11 is 0. The van der Waals surface area contributed by atoms with Gasteiger partial charge in [0.05, 0.1) is 0 Å². The fourth-order valence-electron chi connectivity index (χ4n) is 3.68. The van der Waals surface area contributed by atoms with Gasteiger partial charge in [-0.2, -0.15) is 0 Å². The van der Waals surface area contributed by atoms with Gasteiger partial charge in [0.1, 0.15) is 0 Å². The van der Waals surface area contributed by atoms with E-state index in [1.807, 2.05) is 0 Å². The van der Waals surface area contributed by atoms with Gasteiger partial charge in [-0.25, -0.2) is 0 Å². The number of unbranched alkanes of at least 4 members (excludes halogenated alkanes) is 1. The van der Waals surface area contributed by atoms with Crippen molar-refractivity contribution in [2.75, 3.05) is 32.7 Å². The molecule has 130 valence electrons. The summed E-state index contributed by atoms with van der Waals surface area (Å²) in [7, 11) is 0. The molecule has 1 unspecified atom stereocenters. The fraction of sp³-hybridized carbons (Fsp3) is 0.941. The van der Waals surface area contributed by atoms with E-state index in [4.69, 9.17) is 0 Å². The van der Waals surface area contributed by atoms with E-state index in [0.717, 1.165) is 38.3 Å². The van der Waals surface area contributed by atoms with Crippen molar-refractivity contribution in [1.29, 1.82) is 0 Å². The van der Waals surface area contributed by atoms with Crippen molar-refractivity contribution in [2.45, 2.75) is 58.4 Å². The number of likely N-dealkylation sites (tertiary alicyclic amines) is 1. The highest BCUT2D eigenvalue weighted by molar-refractivity contribution is 5.85. The topological polar surface area (TPSA) is 44.4 Å². The molecule has 2 aliphatic rings. The van der Waals surface area contributed by atoms with Crippen molar-refractivity contribution >= 4 is 18.3 Å². The summed E-state index contributed by atoms with van der Waals surface area (Å²) in [5, 5.41) is 6.53. The first kappa shape index (κ1) is 19.7. The fourth-order valence-corrected chi connectivity index (χ4v) is 3.68. The van der Waals surface area contributed by atoms with Crippen LogP contribution in [0.3, 0.4) is 0 Å². The number of halogens is 1. The van der Waals surface area contributed by atoms with Gasteiger partial charge in [-0.05, 0) is 71.0 Å². The van der Waals surface area contributed by atoms with Crippen LogP contribution in [0.25, 0.3) is 0 Å². The first-order valence-corrected chi connectivity index (χ1v) is 8.88. The highest BCUT2D eigenvalue weighted by atomic mass is 35.5. The third-order valence-corrected chi connectivity index (χ3v) is 4.94. The number of carbonyl (C=O) groups excluding carboxylic acids is 1. The molecule has 3 atom stereocenters. The van der Waals surface area contributed by atoms with Crippen molar-refractivity contribution in [3.63, 3.8) is 0 Å². The predicted molar refractivity (Wildman–Crippen MR) is 94.5 cm³/mol. The molecule has 2 fully saturated rings. The van der Waals surface area contributed by atoms with Crippen molar-refractivity contribution in [3.05, 3.63) is 0 Å². The van der Waals surface area contributed by atoms with Gasteiger partial charge < -0.3 is 15.5 Å². The Balaban J connectivity index is 0.00000242. The molecular weight excluding hydrogens is 298 g/mol. The van der Waals surface area contributed by atoms with Gasteiger partial charge in [0.15, 0.2) is 0 Å². The minimum Gasteiger partial charge on any atom is -0.356 e. The van der Waals surface area contributed by atoms with Gasteiger partial charge in [-0.15, -0.1) is 12.4 Å². The first-order chi connectivity index (χ1) is 10.1. The van der Waals surface area contributed by atoms with Crippen molar-refractivity contribution < 1.29 is 4.79 Å². The molecule has 0 aromatic heterocycles. The van der Waals surface area contributed by atoms with Gasteiger partial charge in [-0.3, -0.25) is 4.79 Å². The van der Waals surface area contributed by atoms with E-state index in [1.54, 1.807) is 0 Å². The second-order valence-electron chi connectivity index (χ2n) is 7.12. The highest BCUT2D eigenvalue weighted by Gasteiger charge is 2.24. The third kappa shape index (κ3) is 6.84. The maximum atomic E-state index is 12.1. The maximum absolute atomic E-state index is 12.1. The van der Waals surface area contributed by atoms with Crippen molar-refractivity contribution in [2.24, 2.45) is 11.8 Å². The number of nitrogens with zero attached hydrogens (tertiary/aromatic N) is 1. The smallest absolute Gasteiger partial charge is 0.223 e. The number of hydrogen-bond donors (Lipinski definition) is 2. The Morgan fingerprint density at radius 1 is 1.27 bits per heavy atom. The van der Waals surface area contributed by atoms with Crippen molar-refractivity contribution in [1.82, 2.24) is 15.5 Å². The summed E-state index contributed by atoms with van der Waals surface area (Å²) in [5.74, 6) is 1.36. The highest BCUT2D eigenvalue weighted by Crippen LogP contribution is 2.17. The molecule has 0 spiro atoms. The molecule has 2 rings (SSSR count). The van der Waals surface area contributed by atoms with E-state index in [0.29, 0.717) is 6.04 Å². The Kier molecular flexibility index (Phi) is 9.37. The molecule has 0 radical (unpaired) electrons. The molecule has 5 heteroatoms. The van der Waals surface area contributed by atoms with Crippen LogP contribution in [0.5, 0.6) is 0 Å². The molecule has 0 aromatic carbocycles. The summed E-state index contributed by atoms with van der Waals surface area (Å²) in [6.45, 7) is 10.1. The van der Waals surface area contributed by atoms with Gasteiger partial charge in [0, 0.05) is 25.0 Å². The lowest BCUT2D eigenvalue weighted by Gasteiger charge is -2.30. The molecule has 22 heavy (non-hydrogen) atoms. The zero-order valence-electron chi connectivity index (χ0n) is 14.3. The lowest BCUT2D eigenvalue weighted by molar-refractivity contribution is -0.126. The van der Waals surface area contributed by atoms with E-state index >= 15 is 0 Å². The van der Waals surface area contributed by atoms with E-state index in [2.05, 4.69) is 29.4 Å². The van der Waals surface area contributed by atoms with Crippen LogP contribution in [0.15, 0.2) is 0 Å². The summed E-state index contributed by atoms with van der Waals surface area (Å²) in [6, 6.07) is 0.482. The number of amides is 1. The average molecular weight is 332 g/mol. The van der Waals surface area contributed by atoms with Gasteiger partial charge in [0.25, 0.3) is 0 Å². The minimum absolute atomic E-state index is 0. The Bertz CT molecular complexity index is 327. The molecule has 1 amide bonds. The van der Waals surface area contributed by atoms with Crippen LogP contribution in [-0.2, 0) is 4.79 Å². The Labute approximate surface area is 142 Å².